The molecule has 1 saturated heterocycles. The van der Waals surface area contributed by atoms with Crippen molar-refractivity contribution in [2.75, 3.05) is 25.6 Å². The van der Waals surface area contributed by atoms with Gasteiger partial charge in [0, 0.05) is 6.61 Å². The minimum Gasteiger partial charge on any atom is -0.407 e. The monoisotopic (exact) mass is 212 g/mol. The van der Waals surface area contributed by atoms with Crippen LogP contribution < -0.4 is 10.6 Å². The summed E-state index contributed by atoms with van der Waals surface area (Å²) < 4.78 is 10.7. The van der Waals surface area contributed by atoms with Crippen LogP contribution in [0.4, 0.5) is 6.01 Å². The number of aromatic nitrogens is 2. The Morgan fingerprint density at radius 3 is 3.00 bits per heavy atom. The van der Waals surface area contributed by atoms with Gasteiger partial charge in [0.15, 0.2) is 0 Å². The highest BCUT2D eigenvalue weighted by molar-refractivity contribution is 5.24. The van der Waals surface area contributed by atoms with E-state index in [0.717, 1.165) is 13.0 Å². The third-order valence-electron chi connectivity index (χ3n) is 2.42. The molecule has 2 N–H and O–H groups in total. The lowest BCUT2D eigenvalue weighted by molar-refractivity contribution is 0.184. The summed E-state index contributed by atoms with van der Waals surface area (Å²) in [6.07, 6.45) is 0.955. The molecule has 0 saturated carbocycles. The van der Waals surface area contributed by atoms with E-state index >= 15 is 0 Å². The highest BCUT2D eigenvalue weighted by Gasteiger charge is 2.31. The first-order chi connectivity index (χ1) is 7.22. The minimum absolute atomic E-state index is 0.0799. The SMILES string of the molecule is CNCc1nnc(NC2(C)CCOC2)o1. The summed E-state index contributed by atoms with van der Waals surface area (Å²) in [6.45, 7) is 4.13. The van der Waals surface area contributed by atoms with Gasteiger partial charge in [-0.1, -0.05) is 5.10 Å². The van der Waals surface area contributed by atoms with Crippen molar-refractivity contribution in [3.05, 3.63) is 5.89 Å². The van der Waals surface area contributed by atoms with Crippen molar-refractivity contribution < 1.29 is 9.15 Å². The van der Waals surface area contributed by atoms with E-state index in [2.05, 4.69) is 27.8 Å². The summed E-state index contributed by atoms with van der Waals surface area (Å²) in [5.41, 5.74) is -0.0799. The molecule has 1 aromatic rings. The van der Waals surface area contributed by atoms with Gasteiger partial charge in [0.25, 0.3) is 0 Å². The Bertz CT molecular complexity index is 320. The Labute approximate surface area is 88.4 Å². The summed E-state index contributed by atoms with van der Waals surface area (Å²) in [5, 5.41) is 14.0. The quantitative estimate of drug-likeness (QED) is 0.751. The molecule has 1 fully saturated rings. The van der Waals surface area contributed by atoms with E-state index in [4.69, 9.17) is 9.15 Å². The lowest BCUT2D eigenvalue weighted by Crippen LogP contribution is -2.35. The van der Waals surface area contributed by atoms with E-state index in [1.54, 1.807) is 0 Å². The van der Waals surface area contributed by atoms with Gasteiger partial charge in [0.05, 0.1) is 18.7 Å². The topological polar surface area (TPSA) is 72.2 Å². The number of rotatable bonds is 4. The highest BCUT2D eigenvalue weighted by Crippen LogP contribution is 2.22. The summed E-state index contributed by atoms with van der Waals surface area (Å²) in [6, 6.07) is 0.466. The molecule has 15 heavy (non-hydrogen) atoms. The molecule has 84 valence electrons. The third kappa shape index (κ3) is 2.45. The van der Waals surface area contributed by atoms with Gasteiger partial charge in [-0.2, -0.15) is 0 Å². The Morgan fingerprint density at radius 1 is 1.47 bits per heavy atom. The second-order valence-electron chi connectivity index (χ2n) is 4.02. The fourth-order valence-electron chi connectivity index (χ4n) is 1.55. The second kappa shape index (κ2) is 4.16. The molecular formula is C9H16N4O2. The van der Waals surface area contributed by atoms with Crippen molar-refractivity contribution in [3.8, 4) is 0 Å². The van der Waals surface area contributed by atoms with E-state index in [1.165, 1.54) is 0 Å². The zero-order valence-corrected chi connectivity index (χ0v) is 9.04. The predicted octanol–water partition coefficient (Wildman–Crippen LogP) is 0.380. The maximum atomic E-state index is 5.40. The molecule has 1 unspecified atom stereocenters. The molecule has 1 aromatic heterocycles. The summed E-state index contributed by atoms with van der Waals surface area (Å²) >= 11 is 0. The van der Waals surface area contributed by atoms with Crippen molar-refractivity contribution in [1.29, 1.82) is 0 Å². The maximum absolute atomic E-state index is 5.40. The fraction of sp³-hybridized carbons (Fsp3) is 0.778. The summed E-state index contributed by atoms with van der Waals surface area (Å²) in [4.78, 5) is 0. The van der Waals surface area contributed by atoms with Crippen LogP contribution in [0.25, 0.3) is 0 Å². The van der Waals surface area contributed by atoms with Crippen LogP contribution in [0.3, 0.4) is 0 Å². The van der Waals surface area contributed by atoms with Crippen LogP contribution in [0, 0.1) is 0 Å². The average Bonchev–Trinajstić information content (AvgIpc) is 2.77. The molecule has 6 heteroatoms. The van der Waals surface area contributed by atoms with Gasteiger partial charge >= 0.3 is 6.01 Å². The molecule has 6 nitrogen and oxygen atoms in total. The van der Waals surface area contributed by atoms with Crippen molar-refractivity contribution in [2.24, 2.45) is 0 Å². The number of hydrogen-bond acceptors (Lipinski definition) is 6. The number of hydrogen-bond donors (Lipinski definition) is 2. The van der Waals surface area contributed by atoms with Gasteiger partial charge in [-0.05, 0) is 20.4 Å². The van der Waals surface area contributed by atoms with E-state index in [-0.39, 0.29) is 5.54 Å². The van der Waals surface area contributed by atoms with Crippen LogP contribution in [-0.2, 0) is 11.3 Å². The molecule has 0 bridgehead atoms. The van der Waals surface area contributed by atoms with Gasteiger partial charge in [0.2, 0.25) is 5.89 Å². The average molecular weight is 212 g/mol. The first kappa shape index (κ1) is 10.4. The molecular weight excluding hydrogens is 196 g/mol. The van der Waals surface area contributed by atoms with Crippen molar-refractivity contribution in [1.82, 2.24) is 15.5 Å². The zero-order chi connectivity index (χ0) is 10.7. The summed E-state index contributed by atoms with van der Waals surface area (Å²) in [7, 11) is 1.84. The van der Waals surface area contributed by atoms with Crippen LogP contribution in [0.5, 0.6) is 0 Å². The molecule has 2 heterocycles. The van der Waals surface area contributed by atoms with Gasteiger partial charge in [-0.3, -0.25) is 0 Å². The van der Waals surface area contributed by atoms with Gasteiger partial charge in [-0.25, -0.2) is 0 Å². The smallest absolute Gasteiger partial charge is 0.316 e. The first-order valence-electron chi connectivity index (χ1n) is 5.05. The third-order valence-corrected chi connectivity index (χ3v) is 2.42. The largest absolute Gasteiger partial charge is 0.407 e. The molecule has 0 aromatic carbocycles. The molecule has 1 aliphatic rings. The zero-order valence-electron chi connectivity index (χ0n) is 9.04. The van der Waals surface area contributed by atoms with Crippen LogP contribution in [0.2, 0.25) is 0 Å². The number of anilines is 1. The van der Waals surface area contributed by atoms with Crippen LogP contribution >= 0.6 is 0 Å². The predicted molar refractivity (Wildman–Crippen MR) is 54.5 cm³/mol. The van der Waals surface area contributed by atoms with Crippen molar-refractivity contribution in [2.45, 2.75) is 25.4 Å². The fourth-order valence-corrected chi connectivity index (χ4v) is 1.55. The Balaban J connectivity index is 1.97. The normalized spacial score (nSPS) is 25.7. The van der Waals surface area contributed by atoms with Crippen molar-refractivity contribution in [3.63, 3.8) is 0 Å². The lowest BCUT2D eigenvalue weighted by Gasteiger charge is -2.21. The molecule has 0 amide bonds. The summed E-state index contributed by atoms with van der Waals surface area (Å²) in [5.74, 6) is 0.586. The van der Waals surface area contributed by atoms with Gasteiger partial charge < -0.3 is 19.8 Å². The lowest BCUT2D eigenvalue weighted by atomic mass is 10.0. The molecule has 2 rings (SSSR count). The van der Waals surface area contributed by atoms with Gasteiger partial charge in [-0.15, -0.1) is 5.10 Å². The van der Waals surface area contributed by atoms with Crippen LogP contribution in [0.1, 0.15) is 19.2 Å². The molecule has 1 aliphatic heterocycles. The Kier molecular flexibility index (Phi) is 2.88. The Hall–Kier alpha value is -1.14. The Morgan fingerprint density at radius 2 is 2.33 bits per heavy atom. The standard InChI is InChI=1S/C9H16N4O2/c1-9(3-4-14-6-9)11-8-13-12-7(15-8)5-10-2/h10H,3-6H2,1-2H3,(H,11,13). The van der Waals surface area contributed by atoms with E-state index < -0.39 is 0 Å². The molecule has 0 spiro atoms. The van der Waals surface area contributed by atoms with E-state index in [9.17, 15) is 0 Å². The first-order valence-corrected chi connectivity index (χ1v) is 5.05. The number of ether oxygens (including phenoxy) is 1. The van der Waals surface area contributed by atoms with Crippen LogP contribution in [-0.4, -0.2) is 36.0 Å². The van der Waals surface area contributed by atoms with Crippen LogP contribution in [0.15, 0.2) is 4.42 Å². The number of nitrogens with one attached hydrogen (secondary N) is 2. The maximum Gasteiger partial charge on any atom is 0.316 e. The second-order valence-corrected chi connectivity index (χ2v) is 4.02. The van der Waals surface area contributed by atoms with E-state index in [0.29, 0.717) is 25.1 Å². The van der Waals surface area contributed by atoms with E-state index in [1.807, 2.05) is 7.05 Å². The molecule has 1 atom stereocenters. The number of nitrogens with zero attached hydrogens (tertiary/aromatic N) is 2. The van der Waals surface area contributed by atoms with Gasteiger partial charge in [0.1, 0.15) is 0 Å². The molecule has 0 aliphatic carbocycles. The van der Waals surface area contributed by atoms with Crippen molar-refractivity contribution >= 4 is 6.01 Å². The molecule has 0 radical (unpaired) electrons. The highest BCUT2D eigenvalue weighted by atomic mass is 16.5. The minimum atomic E-state index is -0.0799.